The van der Waals surface area contributed by atoms with Gasteiger partial charge in [0, 0.05) is 37.7 Å². The van der Waals surface area contributed by atoms with Gasteiger partial charge in [-0.25, -0.2) is 24.3 Å². The Morgan fingerprint density at radius 1 is 1.07 bits per heavy atom. The van der Waals surface area contributed by atoms with Crippen molar-refractivity contribution in [1.29, 1.82) is 0 Å². The maximum atomic E-state index is 14.3. The van der Waals surface area contributed by atoms with Crippen molar-refractivity contribution >= 4 is 28.6 Å². The van der Waals surface area contributed by atoms with Crippen molar-refractivity contribution in [2.75, 3.05) is 18.0 Å². The summed E-state index contributed by atoms with van der Waals surface area (Å²) >= 11 is 6.05. The number of aromatic nitrogens is 5. The van der Waals surface area contributed by atoms with Crippen molar-refractivity contribution < 1.29 is 4.39 Å². The molecule has 4 rings (SSSR count). The van der Waals surface area contributed by atoms with Crippen LogP contribution in [0, 0.1) is 5.82 Å². The van der Waals surface area contributed by atoms with E-state index < -0.39 is 0 Å². The fourth-order valence-electron chi connectivity index (χ4n) is 4.02. The van der Waals surface area contributed by atoms with Gasteiger partial charge in [-0.1, -0.05) is 37.8 Å². The molecule has 0 radical (unpaired) electrons. The number of fused-ring (bicyclic) bond motifs is 1. The number of nitrogens with zero attached hydrogens (tertiary/aromatic N) is 6. The second-order valence-electron chi connectivity index (χ2n) is 7.67. The van der Waals surface area contributed by atoms with E-state index in [1.807, 2.05) is 17.0 Å². The summed E-state index contributed by atoms with van der Waals surface area (Å²) in [5.41, 5.74) is 1.76. The summed E-state index contributed by atoms with van der Waals surface area (Å²) in [6.45, 7) is 3.86. The molecule has 0 aromatic carbocycles. The van der Waals surface area contributed by atoms with Crippen LogP contribution in [0.25, 0.3) is 11.0 Å². The van der Waals surface area contributed by atoms with Gasteiger partial charge in [0.25, 0.3) is 0 Å². The highest BCUT2D eigenvalue weighted by molar-refractivity contribution is 6.34. The Morgan fingerprint density at radius 3 is 2.55 bits per heavy atom. The first kappa shape index (κ1) is 20.0. The van der Waals surface area contributed by atoms with E-state index in [0.717, 1.165) is 38.3 Å². The summed E-state index contributed by atoms with van der Waals surface area (Å²) in [4.78, 5) is 19.5. The zero-order valence-corrected chi connectivity index (χ0v) is 17.4. The highest BCUT2D eigenvalue weighted by Gasteiger charge is 2.25. The molecular formula is C21H26ClFN6. The summed E-state index contributed by atoms with van der Waals surface area (Å²) in [6, 6.07) is 0.169. The minimum Gasteiger partial charge on any atom is -0.341 e. The van der Waals surface area contributed by atoms with Crippen LogP contribution < -0.4 is 4.90 Å². The summed E-state index contributed by atoms with van der Waals surface area (Å²) in [5.74, 6) is 0.403. The molecule has 1 saturated heterocycles. The van der Waals surface area contributed by atoms with E-state index in [-0.39, 0.29) is 17.0 Å². The molecule has 0 amide bonds. The Bertz CT molecular complexity index is 950. The lowest BCUT2D eigenvalue weighted by atomic mass is 10.1. The topological polar surface area (TPSA) is 59.7 Å². The number of unbranched alkanes of at least 4 members (excludes halogenated alkanes) is 3. The molecule has 0 aliphatic carbocycles. The smallest absolute Gasteiger partial charge is 0.225 e. The molecule has 0 atom stereocenters. The molecule has 3 aromatic rings. The predicted octanol–water partition coefficient (Wildman–Crippen LogP) is 4.98. The number of piperidine rings is 1. The average molecular weight is 417 g/mol. The van der Waals surface area contributed by atoms with E-state index in [1.165, 1.54) is 43.8 Å². The van der Waals surface area contributed by atoms with Crippen molar-refractivity contribution in [1.82, 2.24) is 24.5 Å². The lowest BCUT2D eigenvalue weighted by molar-refractivity contribution is 0.398. The van der Waals surface area contributed by atoms with E-state index in [2.05, 4.69) is 31.8 Å². The number of rotatable bonds is 7. The first-order valence-corrected chi connectivity index (χ1v) is 10.8. The van der Waals surface area contributed by atoms with Crippen LogP contribution in [0.5, 0.6) is 0 Å². The standard InChI is InChI=1S/C21H26ClFN6/c1-2-3-4-5-6-15-11-24-21(25-12-15)28-9-7-16(8-10-28)29-13-17(23)18-19(22)26-14-27-20(18)29/h11-14,16H,2-10H2,1H3. The maximum absolute atomic E-state index is 14.3. The first-order chi connectivity index (χ1) is 14.2. The molecule has 3 aromatic heterocycles. The maximum Gasteiger partial charge on any atom is 0.225 e. The summed E-state index contributed by atoms with van der Waals surface area (Å²) < 4.78 is 16.2. The van der Waals surface area contributed by atoms with Crippen molar-refractivity contribution in [2.45, 2.75) is 57.9 Å². The van der Waals surface area contributed by atoms with E-state index in [0.29, 0.717) is 11.0 Å². The Morgan fingerprint density at radius 2 is 1.83 bits per heavy atom. The second kappa shape index (κ2) is 9.03. The normalized spacial score (nSPS) is 15.3. The van der Waals surface area contributed by atoms with Crippen LogP contribution in [0.3, 0.4) is 0 Å². The minimum absolute atomic E-state index is 0.159. The van der Waals surface area contributed by atoms with Crippen LogP contribution in [0.2, 0.25) is 5.15 Å². The third kappa shape index (κ3) is 4.34. The third-order valence-electron chi connectivity index (χ3n) is 5.67. The molecule has 0 N–H and O–H groups in total. The molecule has 0 saturated carbocycles. The van der Waals surface area contributed by atoms with Gasteiger partial charge in [0.15, 0.2) is 5.82 Å². The molecule has 4 heterocycles. The second-order valence-corrected chi connectivity index (χ2v) is 8.03. The molecule has 154 valence electrons. The van der Waals surface area contributed by atoms with Crippen molar-refractivity contribution in [3.8, 4) is 0 Å². The number of aryl methyl sites for hydroxylation is 1. The molecule has 0 spiro atoms. The number of anilines is 1. The summed E-state index contributed by atoms with van der Waals surface area (Å²) in [7, 11) is 0. The van der Waals surface area contributed by atoms with Gasteiger partial charge >= 0.3 is 0 Å². The number of halogens is 2. The van der Waals surface area contributed by atoms with Gasteiger partial charge < -0.3 is 9.47 Å². The van der Waals surface area contributed by atoms with Gasteiger partial charge in [-0.3, -0.25) is 0 Å². The van der Waals surface area contributed by atoms with Crippen LogP contribution in [-0.4, -0.2) is 37.6 Å². The molecule has 1 aliphatic heterocycles. The largest absolute Gasteiger partial charge is 0.341 e. The molecular weight excluding hydrogens is 391 g/mol. The highest BCUT2D eigenvalue weighted by Crippen LogP contribution is 2.31. The quantitative estimate of drug-likeness (QED) is 0.401. The SMILES string of the molecule is CCCCCCc1cnc(N2CCC(n3cc(F)c4c(Cl)ncnc43)CC2)nc1. The van der Waals surface area contributed by atoms with E-state index >= 15 is 0 Å². The molecule has 1 aliphatic rings. The monoisotopic (exact) mass is 416 g/mol. The highest BCUT2D eigenvalue weighted by atomic mass is 35.5. The third-order valence-corrected chi connectivity index (χ3v) is 5.95. The van der Waals surface area contributed by atoms with Gasteiger partial charge in [-0.15, -0.1) is 0 Å². The van der Waals surface area contributed by atoms with Crippen LogP contribution in [0.4, 0.5) is 10.3 Å². The molecule has 8 heteroatoms. The van der Waals surface area contributed by atoms with Crippen molar-refractivity contribution in [3.63, 3.8) is 0 Å². The Balaban J connectivity index is 1.38. The van der Waals surface area contributed by atoms with E-state index in [1.54, 1.807) is 0 Å². The average Bonchev–Trinajstić information content (AvgIpc) is 3.10. The van der Waals surface area contributed by atoms with Crippen molar-refractivity contribution in [2.24, 2.45) is 0 Å². The fraction of sp³-hybridized carbons (Fsp3) is 0.524. The van der Waals surface area contributed by atoms with Gasteiger partial charge in [-0.2, -0.15) is 0 Å². The van der Waals surface area contributed by atoms with Crippen LogP contribution in [-0.2, 0) is 6.42 Å². The summed E-state index contributed by atoms with van der Waals surface area (Å²) in [6.07, 6.45) is 14.5. The van der Waals surface area contributed by atoms with E-state index in [4.69, 9.17) is 11.6 Å². The molecule has 0 bridgehead atoms. The lowest BCUT2D eigenvalue weighted by Gasteiger charge is -2.32. The zero-order valence-electron chi connectivity index (χ0n) is 16.7. The Labute approximate surface area is 175 Å². The summed E-state index contributed by atoms with van der Waals surface area (Å²) in [5, 5.41) is 0.460. The predicted molar refractivity (Wildman–Crippen MR) is 113 cm³/mol. The van der Waals surface area contributed by atoms with Crippen LogP contribution in [0.15, 0.2) is 24.9 Å². The van der Waals surface area contributed by atoms with Gasteiger partial charge in [0.2, 0.25) is 5.95 Å². The van der Waals surface area contributed by atoms with Gasteiger partial charge in [0.05, 0.1) is 5.39 Å². The van der Waals surface area contributed by atoms with Gasteiger partial charge in [-0.05, 0) is 31.2 Å². The molecule has 1 fully saturated rings. The van der Waals surface area contributed by atoms with Crippen LogP contribution >= 0.6 is 11.6 Å². The fourth-order valence-corrected chi connectivity index (χ4v) is 4.24. The Hall–Kier alpha value is -2.28. The molecule has 0 unspecified atom stereocenters. The van der Waals surface area contributed by atoms with Gasteiger partial charge in [0.1, 0.15) is 17.1 Å². The van der Waals surface area contributed by atoms with E-state index in [9.17, 15) is 4.39 Å². The number of hydrogen-bond donors (Lipinski definition) is 0. The first-order valence-electron chi connectivity index (χ1n) is 10.4. The minimum atomic E-state index is -0.370. The van der Waals surface area contributed by atoms with Crippen molar-refractivity contribution in [3.05, 3.63) is 41.5 Å². The van der Waals surface area contributed by atoms with Crippen LogP contribution in [0.1, 0.15) is 57.1 Å². The molecule has 29 heavy (non-hydrogen) atoms. The molecule has 6 nitrogen and oxygen atoms in total. The Kier molecular flexibility index (Phi) is 6.23. The number of hydrogen-bond acceptors (Lipinski definition) is 5. The lowest BCUT2D eigenvalue weighted by Crippen LogP contribution is -2.35. The zero-order chi connectivity index (χ0) is 20.2.